The van der Waals surface area contributed by atoms with Crippen LogP contribution in [0.25, 0.3) is 0 Å². The van der Waals surface area contributed by atoms with E-state index in [0.29, 0.717) is 0 Å². The Balaban J connectivity index is 1.84. The minimum absolute atomic E-state index is 0.143. The molecule has 2 aliphatic rings. The van der Waals surface area contributed by atoms with Gasteiger partial charge < -0.3 is 0 Å². The van der Waals surface area contributed by atoms with Crippen molar-refractivity contribution in [2.24, 2.45) is 0 Å². The molecule has 0 radical (unpaired) electrons. The number of benzene rings is 2. The Morgan fingerprint density at radius 1 is 1.07 bits per heavy atom. The third-order valence-electron chi connectivity index (χ3n) is 5.20. The van der Waals surface area contributed by atoms with Crippen molar-refractivity contribution in [3.63, 3.8) is 0 Å². The summed E-state index contributed by atoms with van der Waals surface area (Å²) >= 11 is 3.73. The van der Waals surface area contributed by atoms with Crippen LogP contribution in [-0.4, -0.2) is 5.25 Å². The Labute approximate surface area is 174 Å². The molecule has 0 aromatic heterocycles. The van der Waals surface area contributed by atoms with Gasteiger partial charge in [0.15, 0.2) is 0 Å². The van der Waals surface area contributed by atoms with Gasteiger partial charge in [0.2, 0.25) is 0 Å². The third-order valence-corrected chi connectivity index (χ3v) is 8.00. The van der Waals surface area contributed by atoms with Gasteiger partial charge in [-0.2, -0.15) is 13.2 Å². The molecule has 0 amide bonds. The largest absolute Gasteiger partial charge is 0.418 e. The number of hydrogen-bond donors (Lipinski definition) is 0. The molecule has 0 saturated heterocycles. The van der Waals surface area contributed by atoms with Crippen molar-refractivity contribution < 1.29 is 13.2 Å². The second kappa shape index (κ2) is 6.58. The number of rotatable bonds is 2. The Morgan fingerprint density at radius 3 is 2.52 bits per heavy atom. The van der Waals surface area contributed by atoms with Crippen LogP contribution in [0.15, 0.2) is 71.2 Å². The van der Waals surface area contributed by atoms with Gasteiger partial charge in [-0.1, -0.05) is 55.0 Å². The number of allylic oxidation sites excluding steroid dienone is 3. The first-order valence-electron chi connectivity index (χ1n) is 8.52. The number of fused-ring (bicyclic) bond motifs is 3. The molecule has 0 N–H and O–H groups in total. The highest BCUT2D eigenvalue weighted by Crippen LogP contribution is 2.58. The zero-order valence-electron chi connectivity index (χ0n) is 14.7. The van der Waals surface area contributed by atoms with Crippen LogP contribution < -0.4 is 3.11 Å². The van der Waals surface area contributed by atoms with Gasteiger partial charge in [0.05, 0.1) is 39.8 Å². The second-order valence-corrected chi connectivity index (χ2v) is 9.08. The first-order chi connectivity index (χ1) is 12.7. The van der Waals surface area contributed by atoms with Gasteiger partial charge in [0, 0.05) is 15.6 Å². The summed E-state index contributed by atoms with van der Waals surface area (Å²) in [5.41, 5.74) is 2.64. The minimum Gasteiger partial charge on any atom is -0.281 e. The molecule has 2 aromatic rings. The van der Waals surface area contributed by atoms with E-state index >= 15 is 0 Å². The Kier molecular flexibility index (Phi) is 4.62. The first kappa shape index (κ1) is 18.9. The topological polar surface area (TPSA) is 3.24 Å². The molecule has 27 heavy (non-hydrogen) atoms. The number of thioether (sulfide) groups is 1. The summed E-state index contributed by atoms with van der Waals surface area (Å²) in [6.07, 6.45) is 2.00. The van der Waals surface area contributed by atoms with E-state index in [-0.39, 0.29) is 16.4 Å². The summed E-state index contributed by atoms with van der Waals surface area (Å²) in [6, 6.07) is 11.6. The highest BCUT2D eigenvalue weighted by molar-refractivity contribution is 14.1. The lowest BCUT2D eigenvalue weighted by atomic mass is 9.75. The molecule has 1 nitrogen and oxygen atoms in total. The van der Waals surface area contributed by atoms with E-state index < -0.39 is 11.7 Å². The van der Waals surface area contributed by atoms with Crippen LogP contribution in [0.2, 0.25) is 0 Å². The van der Waals surface area contributed by atoms with E-state index in [1.807, 2.05) is 35.0 Å². The van der Waals surface area contributed by atoms with Gasteiger partial charge in [-0.3, -0.25) is 3.11 Å². The normalized spacial score (nSPS) is 23.6. The molecule has 0 spiro atoms. The Hall–Kier alpha value is -1.41. The van der Waals surface area contributed by atoms with Crippen LogP contribution in [0, 0.1) is 0 Å². The summed E-state index contributed by atoms with van der Waals surface area (Å²) in [7, 11) is 0. The molecule has 0 fully saturated rings. The fourth-order valence-electron chi connectivity index (χ4n) is 3.85. The average Bonchev–Trinajstić information content (AvgIpc) is 2.95. The average molecular weight is 499 g/mol. The molecule has 1 aliphatic heterocycles. The van der Waals surface area contributed by atoms with Gasteiger partial charge in [0.25, 0.3) is 0 Å². The molecule has 6 heteroatoms. The summed E-state index contributed by atoms with van der Waals surface area (Å²) in [5, 5.41) is 0.265. The summed E-state index contributed by atoms with van der Waals surface area (Å²) in [5.74, 6) is 0. The molecular weight excluding hydrogens is 482 g/mol. The highest BCUT2D eigenvalue weighted by Gasteiger charge is 2.45. The predicted octanol–water partition coefficient (Wildman–Crippen LogP) is 7.44. The summed E-state index contributed by atoms with van der Waals surface area (Å²) < 4.78 is 42.1. The summed E-state index contributed by atoms with van der Waals surface area (Å²) in [6.45, 7) is 4.32. The van der Waals surface area contributed by atoms with Crippen molar-refractivity contribution in [2.45, 2.75) is 35.6 Å². The van der Waals surface area contributed by atoms with Crippen LogP contribution >= 0.6 is 34.6 Å². The van der Waals surface area contributed by atoms with E-state index in [4.69, 9.17) is 0 Å². The maximum absolute atomic E-state index is 13.5. The van der Waals surface area contributed by atoms with Gasteiger partial charge in [-0.05, 0) is 30.7 Å². The molecule has 0 bridgehead atoms. The SMILES string of the molecule is CC1=CC=CC2(C)c3cccc(N(I)c4ccccc4C(F)(F)F)c3SC12. The zero-order valence-corrected chi connectivity index (χ0v) is 17.7. The Bertz CT molecular complexity index is 966. The number of hydrogen-bond acceptors (Lipinski definition) is 2. The summed E-state index contributed by atoms with van der Waals surface area (Å²) in [4.78, 5) is 1.05. The standard InChI is InChI=1S/C21H17F3INS/c1-13-7-6-12-20(2)15-9-5-11-17(18(15)27-19(13)20)26(25)16-10-4-3-8-14(16)21(22,23)24/h3-12,19H,1-2H3. The second-order valence-electron chi connectivity index (χ2n) is 7.00. The number of alkyl halides is 3. The molecule has 0 saturated carbocycles. The molecule has 140 valence electrons. The number of anilines is 2. The van der Waals surface area contributed by atoms with Crippen molar-refractivity contribution in [3.05, 3.63) is 77.4 Å². The lowest BCUT2D eigenvalue weighted by molar-refractivity contribution is -0.137. The van der Waals surface area contributed by atoms with E-state index in [9.17, 15) is 13.2 Å². The maximum Gasteiger partial charge on any atom is 0.418 e. The van der Waals surface area contributed by atoms with Gasteiger partial charge >= 0.3 is 6.18 Å². The molecule has 2 atom stereocenters. The maximum atomic E-state index is 13.5. The van der Waals surface area contributed by atoms with Crippen molar-refractivity contribution in [2.75, 3.05) is 3.11 Å². The van der Waals surface area contributed by atoms with Crippen LogP contribution in [0.1, 0.15) is 25.0 Å². The molecule has 2 unspecified atom stereocenters. The minimum atomic E-state index is -4.40. The van der Waals surface area contributed by atoms with E-state index in [2.05, 4.69) is 38.1 Å². The van der Waals surface area contributed by atoms with Gasteiger partial charge in [-0.15, -0.1) is 11.8 Å². The zero-order chi connectivity index (χ0) is 19.4. The van der Waals surface area contributed by atoms with Crippen molar-refractivity contribution >= 4 is 46.0 Å². The number of nitrogens with zero attached hydrogens (tertiary/aromatic N) is 1. The van der Waals surface area contributed by atoms with Crippen molar-refractivity contribution in [3.8, 4) is 0 Å². The molecule has 1 heterocycles. The predicted molar refractivity (Wildman–Crippen MR) is 114 cm³/mol. The van der Waals surface area contributed by atoms with Gasteiger partial charge in [-0.25, -0.2) is 0 Å². The quantitative estimate of drug-likeness (QED) is 0.312. The van der Waals surface area contributed by atoms with Crippen molar-refractivity contribution in [1.82, 2.24) is 0 Å². The molecule has 4 rings (SSSR count). The molecular formula is C21H17F3INS. The van der Waals surface area contributed by atoms with E-state index in [1.165, 1.54) is 23.3 Å². The van der Waals surface area contributed by atoms with Crippen LogP contribution in [0.3, 0.4) is 0 Å². The third kappa shape index (κ3) is 3.01. The Morgan fingerprint density at radius 2 is 1.78 bits per heavy atom. The lowest BCUT2D eigenvalue weighted by Crippen LogP contribution is -2.30. The lowest BCUT2D eigenvalue weighted by Gasteiger charge is -2.31. The smallest absolute Gasteiger partial charge is 0.281 e. The van der Waals surface area contributed by atoms with Crippen molar-refractivity contribution in [1.29, 1.82) is 0 Å². The van der Waals surface area contributed by atoms with Crippen LogP contribution in [-0.2, 0) is 11.6 Å². The first-order valence-corrected chi connectivity index (χ1v) is 10.4. The van der Waals surface area contributed by atoms with Crippen LogP contribution in [0.4, 0.5) is 24.5 Å². The van der Waals surface area contributed by atoms with E-state index in [0.717, 1.165) is 16.6 Å². The molecule has 2 aromatic carbocycles. The monoisotopic (exact) mass is 499 g/mol. The highest BCUT2D eigenvalue weighted by atomic mass is 127. The van der Waals surface area contributed by atoms with E-state index in [1.54, 1.807) is 20.9 Å². The number of halogens is 4. The number of para-hydroxylation sites is 1. The molecule has 1 aliphatic carbocycles. The van der Waals surface area contributed by atoms with Gasteiger partial charge in [0.1, 0.15) is 0 Å². The van der Waals surface area contributed by atoms with Crippen LogP contribution in [0.5, 0.6) is 0 Å². The fraction of sp³-hybridized carbons (Fsp3) is 0.238. The fourth-order valence-corrected chi connectivity index (χ4v) is 6.49.